The first-order valence-corrected chi connectivity index (χ1v) is 9.37. The Balaban J connectivity index is 1.92. The summed E-state index contributed by atoms with van der Waals surface area (Å²) in [6, 6.07) is 5.71. The van der Waals surface area contributed by atoms with Gasteiger partial charge in [0.05, 0.1) is 17.0 Å². The Labute approximate surface area is 169 Å². The molecule has 0 fully saturated rings. The molecule has 10 heteroatoms. The minimum Gasteiger partial charge on any atom is -0.435 e. The third kappa shape index (κ3) is 4.32. The van der Waals surface area contributed by atoms with Crippen molar-refractivity contribution < 1.29 is 18.3 Å². The molecule has 0 aliphatic rings. The van der Waals surface area contributed by atoms with Gasteiger partial charge in [0.25, 0.3) is 11.5 Å². The van der Waals surface area contributed by atoms with Gasteiger partial charge in [-0.1, -0.05) is 6.07 Å². The van der Waals surface area contributed by atoms with Crippen LogP contribution in [0.1, 0.15) is 26.6 Å². The minimum absolute atomic E-state index is 0.0640. The molecule has 0 saturated carbocycles. The normalized spacial score (nSPS) is 11.0. The van der Waals surface area contributed by atoms with Crippen LogP contribution in [0.5, 0.6) is 5.75 Å². The van der Waals surface area contributed by atoms with Crippen LogP contribution >= 0.6 is 11.3 Å². The molecule has 0 radical (unpaired) electrons. The van der Waals surface area contributed by atoms with E-state index in [0.29, 0.717) is 38.1 Å². The van der Waals surface area contributed by atoms with Crippen LogP contribution in [-0.2, 0) is 7.05 Å². The fraction of sp³-hybridized carbons (Fsp3) is 0.263. The van der Waals surface area contributed by atoms with E-state index < -0.39 is 12.5 Å². The van der Waals surface area contributed by atoms with Crippen molar-refractivity contribution in [3.8, 4) is 16.3 Å². The van der Waals surface area contributed by atoms with E-state index in [1.807, 2.05) is 0 Å². The molecule has 2 aromatic heterocycles. The second kappa shape index (κ2) is 8.08. The average molecular weight is 420 g/mol. The molecule has 0 atom stereocenters. The number of carbonyl (C=O) groups is 1. The maximum atomic E-state index is 12.7. The summed E-state index contributed by atoms with van der Waals surface area (Å²) in [4.78, 5) is 29.9. The highest BCUT2D eigenvalue weighted by Crippen LogP contribution is 2.29. The maximum Gasteiger partial charge on any atom is 0.387 e. The van der Waals surface area contributed by atoms with Crippen molar-refractivity contribution in [1.82, 2.24) is 14.8 Å². The molecule has 0 aliphatic carbocycles. The molecule has 0 aliphatic heterocycles. The number of thiazole rings is 1. The number of halogens is 2. The lowest BCUT2D eigenvalue weighted by molar-refractivity contribution is -0.0497. The molecule has 1 N–H and O–H groups in total. The molecule has 3 rings (SSSR count). The monoisotopic (exact) mass is 420 g/mol. The van der Waals surface area contributed by atoms with Crippen LogP contribution in [0.15, 0.2) is 29.1 Å². The molecule has 7 nitrogen and oxygen atoms in total. The van der Waals surface area contributed by atoms with Crippen LogP contribution < -0.4 is 15.6 Å². The number of nitrogens with one attached hydrogen (secondary N) is 1. The summed E-state index contributed by atoms with van der Waals surface area (Å²) in [5, 5.41) is 7.21. The zero-order chi connectivity index (χ0) is 21.3. The SMILES string of the molecule is Cc1nc(-c2c(C)c(C)nn(C)c2=O)sc1C(=O)Nc1cccc(OC(F)F)c1. The summed E-state index contributed by atoms with van der Waals surface area (Å²) in [6.07, 6.45) is 0. The van der Waals surface area contributed by atoms with E-state index in [4.69, 9.17) is 0 Å². The molecule has 2 heterocycles. The smallest absolute Gasteiger partial charge is 0.387 e. The van der Waals surface area contributed by atoms with Gasteiger partial charge in [0.15, 0.2) is 0 Å². The van der Waals surface area contributed by atoms with E-state index in [1.165, 1.54) is 22.9 Å². The lowest BCUT2D eigenvalue weighted by Crippen LogP contribution is -2.23. The van der Waals surface area contributed by atoms with Gasteiger partial charge in [-0.05, 0) is 38.5 Å². The molecule has 0 bridgehead atoms. The number of benzene rings is 1. The topological polar surface area (TPSA) is 86.1 Å². The van der Waals surface area contributed by atoms with Gasteiger partial charge in [0.2, 0.25) is 0 Å². The number of hydrogen-bond acceptors (Lipinski definition) is 6. The van der Waals surface area contributed by atoms with Crippen LogP contribution in [0, 0.1) is 20.8 Å². The number of carbonyl (C=O) groups excluding carboxylic acids is 1. The van der Waals surface area contributed by atoms with Gasteiger partial charge in [-0.2, -0.15) is 13.9 Å². The van der Waals surface area contributed by atoms with Crippen LogP contribution in [0.4, 0.5) is 14.5 Å². The Morgan fingerprint density at radius 3 is 2.66 bits per heavy atom. The molecule has 29 heavy (non-hydrogen) atoms. The summed E-state index contributed by atoms with van der Waals surface area (Å²) in [7, 11) is 1.56. The largest absolute Gasteiger partial charge is 0.435 e. The minimum atomic E-state index is -2.96. The number of rotatable bonds is 5. The van der Waals surface area contributed by atoms with Gasteiger partial charge in [0.1, 0.15) is 15.6 Å². The summed E-state index contributed by atoms with van der Waals surface area (Å²) >= 11 is 1.09. The third-order valence-electron chi connectivity index (χ3n) is 4.26. The molecular weight excluding hydrogens is 402 g/mol. The molecule has 1 amide bonds. The van der Waals surface area contributed by atoms with Gasteiger partial charge in [-0.25, -0.2) is 9.67 Å². The highest BCUT2D eigenvalue weighted by molar-refractivity contribution is 7.17. The van der Waals surface area contributed by atoms with Crippen molar-refractivity contribution in [3.63, 3.8) is 0 Å². The maximum absolute atomic E-state index is 12.7. The summed E-state index contributed by atoms with van der Waals surface area (Å²) in [6.45, 7) is 2.28. The van der Waals surface area contributed by atoms with Gasteiger partial charge < -0.3 is 10.1 Å². The lowest BCUT2D eigenvalue weighted by atomic mass is 10.1. The Hall–Kier alpha value is -3.14. The van der Waals surface area contributed by atoms with Crippen molar-refractivity contribution >= 4 is 22.9 Å². The molecular formula is C19H18F2N4O3S. The van der Waals surface area contributed by atoms with E-state index in [-0.39, 0.29) is 11.3 Å². The molecule has 152 valence electrons. The average Bonchev–Trinajstić information content (AvgIpc) is 3.01. The summed E-state index contributed by atoms with van der Waals surface area (Å²) < 4.78 is 30.3. The summed E-state index contributed by atoms with van der Waals surface area (Å²) in [5.41, 5.74) is 2.25. The highest BCUT2D eigenvalue weighted by Gasteiger charge is 2.21. The van der Waals surface area contributed by atoms with Crippen molar-refractivity contribution in [2.75, 3.05) is 5.32 Å². The quantitative estimate of drug-likeness (QED) is 0.681. The second-order valence-corrected chi connectivity index (χ2v) is 7.31. The van der Waals surface area contributed by atoms with E-state index in [1.54, 1.807) is 33.9 Å². The number of aromatic nitrogens is 3. The number of aryl methyl sites for hydroxylation is 3. The van der Waals surface area contributed by atoms with Crippen LogP contribution in [0.2, 0.25) is 0 Å². The van der Waals surface area contributed by atoms with E-state index >= 15 is 0 Å². The predicted molar refractivity (Wildman–Crippen MR) is 106 cm³/mol. The number of alkyl halides is 2. The first kappa shape index (κ1) is 20.6. The fourth-order valence-corrected chi connectivity index (χ4v) is 3.81. The fourth-order valence-electron chi connectivity index (χ4n) is 2.75. The first-order valence-electron chi connectivity index (χ1n) is 8.56. The van der Waals surface area contributed by atoms with Crippen molar-refractivity contribution in [3.05, 3.63) is 56.4 Å². The summed E-state index contributed by atoms with van der Waals surface area (Å²) in [5.74, 6) is -0.522. The number of amides is 1. The van der Waals surface area contributed by atoms with Crippen LogP contribution in [-0.4, -0.2) is 27.3 Å². The molecule has 0 spiro atoms. The Morgan fingerprint density at radius 2 is 1.97 bits per heavy atom. The lowest BCUT2D eigenvalue weighted by Gasteiger charge is -2.08. The van der Waals surface area contributed by atoms with Crippen molar-refractivity contribution in [1.29, 1.82) is 0 Å². The molecule has 3 aromatic rings. The van der Waals surface area contributed by atoms with Crippen LogP contribution in [0.25, 0.3) is 10.6 Å². The number of hydrogen-bond donors (Lipinski definition) is 1. The standard InChI is InChI=1S/C19H18F2N4O3S/c1-9-10(2)24-25(4)18(27)14(9)17-22-11(3)15(29-17)16(26)23-12-6-5-7-13(8-12)28-19(20)21/h5-8,19H,1-4H3,(H,23,26). The van der Waals surface area contributed by atoms with Gasteiger partial charge in [-0.15, -0.1) is 11.3 Å². The van der Waals surface area contributed by atoms with Crippen molar-refractivity contribution in [2.24, 2.45) is 7.05 Å². The number of anilines is 1. The van der Waals surface area contributed by atoms with Gasteiger partial charge in [0, 0.05) is 18.8 Å². The van der Waals surface area contributed by atoms with E-state index in [0.717, 1.165) is 11.3 Å². The van der Waals surface area contributed by atoms with E-state index in [2.05, 4.69) is 20.1 Å². The van der Waals surface area contributed by atoms with Gasteiger partial charge >= 0.3 is 6.61 Å². The molecule has 0 saturated heterocycles. The zero-order valence-electron chi connectivity index (χ0n) is 16.1. The van der Waals surface area contributed by atoms with Crippen molar-refractivity contribution in [2.45, 2.75) is 27.4 Å². The Bertz CT molecular complexity index is 1140. The number of ether oxygens (including phenoxy) is 1. The zero-order valence-corrected chi connectivity index (χ0v) is 16.9. The molecule has 0 unspecified atom stereocenters. The predicted octanol–water partition coefficient (Wildman–Crippen LogP) is 3.68. The third-order valence-corrected chi connectivity index (χ3v) is 5.43. The highest BCUT2D eigenvalue weighted by atomic mass is 32.1. The first-order chi connectivity index (χ1) is 13.7. The van der Waals surface area contributed by atoms with Gasteiger partial charge in [-0.3, -0.25) is 9.59 Å². The molecule has 1 aromatic carbocycles. The van der Waals surface area contributed by atoms with Crippen LogP contribution in [0.3, 0.4) is 0 Å². The Kier molecular flexibility index (Phi) is 5.73. The second-order valence-electron chi connectivity index (χ2n) is 6.31. The Morgan fingerprint density at radius 1 is 1.24 bits per heavy atom. The number of nitrogens with zero attached hydrogens (tertiary/aromatic N) is 3. The van der Waals surface area contributed by atoms with E-state index in [9.17, 15) is 18.4 Å².